The molecule has 2 aromatic rings. The first kappa shape index (κ1) is 22.0. The van der Waals surface area contributed by atoms with Gasteiger partial charge in [0.2, 0.25) is 0 Å². The summed E-state index contributed by atoms with van der Waals surface area (Å²) in [6.07, 6.45) is 9.22. The molecule has 0 aliphatic carbocycles. The fourth-order valence-corrected chi connectivity index (χ4v) is 4.85. The maximum atomic E-state index is 13.1. The number of rotatable bonds is 6. The van der Waals surface area contributed by atoms with Gasteiger partial charge in [0.05, 0.1) is 18.3 Å². The van der Waals surface area contributed by atoms with E-state index in [-0.39, 0.29) is 5.91 Å². The van der Waals surface area contributed by atoms with Crippen molar-refractivity contribution in [2.75, 3.05) is 20.2 Å². The topological polar surface area (TPSA) is 105 Å². The van der Waals surface area contributed by atoms with E-state index in [1.165, 1.54) is 23.8 Å². The molecule has 2 aliphatic rings. The number of aliphatic imine (C=N–C) groups is 1. The fraction of sp³-hybridized carbons (Fsp3) is 0.333. The number of benzene rings is 1. The van der Waals surface area contributed by atoms with E-state index in [1.54, 1.807) is 4.90 Å². The van der Waals surface area contributed by atoms with Crippen molar-refractivity contribution in [3.8, 4) is 17.0 Å². The molecule has 1 amide bonds. The Morgan fingerprint density at radius 3 is 3.03 bits per heavy atom. The number of aromatic nitrogens is 1. The number of ether oxygens (including phenoxy) is 1. The lowest BCUT2D eigenvalue weighted by molar-refractivity contribution is 0.0798. The van der Waals surface area contributed by atoms with E-state index in [0.717, 1.165) is 40.3 Å². The van der Waals surface area contributed by atoms with Crippen LogP contribution in [0.3, 0.4) is 0 Å². The van der Waals surface area contributed by atoms with Crippen molar-refractivity contribution in [3.05, 3.63) is 52.0 Å². The number of carbonyl (C=O) groups excluding carboxylic acids is 1. The molecule has 1 aromatic carbocycles. The second-order valence-corrected chi connectivity index (χ2v) is 9.03. The van der Waals surface area contributed by atoms with Gasteiger partial charge in [-0.1, -0.05) is 12.1 Å². The van der Waals surface area contributed by atoms with Crippen molar-refractivity contribution in [1.82, 2.24) is 9.88 Å². The van der Waals surface area contributed by atoms with Crippen LogP contribution in [0, 0.1) is 5.41 Å². The van der Waals surface area contributed by atoms with Gasteiger partial charge >= 0.3 is 0 Å². The van der Waals surface area contributed by atoms with E-state index in [9.17, 15) is 4.79 Å². The quantitative estimate of drug-likeness (QED) is 0.652. The Labute approximate surface area is 191 Å². The number of allylic oxidation sites excluding steroid dienone is 2. The SMILES string of the molecule is CC1CC=CC(CCN(C)C(=O)c2nc3c(s2)CCOc2cc(C(C=N)=CN)ccc2-3)=N1. The van der Waals surface area contributed by atoms with Gasteiger partial charge in [-0.15, -0.1) is 11.3 Å². The third kappa shape index (κ3) is 4.50. The minimum atomic E-state index is -0.0762. The van der Waals surface area contributed by atoms with Crippen molar-refractivity contribution in [2.45, 2.75) is 32.2 Å². The van der Waals surface area contributed by atoms with Crippen LogP contribution in [0.1, 0.15) is 40.0 Å². The molecule has 3 N–H and O–H groups in total. The van der Waals surface area contributed by atoms with E-state index in [4.69, 9.17) is 20.9 Å². The van der Waals surface area contributed by atoms with Gasteiger partial charge in [-0.3, -0.25) is 9.79 Å². The summed E-state index contributed by atoms with van der Waals surface area (Å²) in [5, 5.41) is 8.01. The zero-order valence-corrected chi connectivity index (χ0v) is 19.1. The van der Waals surface area contributed by atoms with Crippen molar-refractivity contribution < 1.29 is 9.53 Å². The normalized spacial score (nSPS) is 17.5. The molecule has 0 saturated heterocycles. The second kappa shape index (κ2) is 9.48. The van der Waals surface area contributed by atoms with Crippen LogP contribution in [0.25, 0.3) is 16.8 Å². The Kier molecular flexibility index (Phi) is 6.50. The highest BCUT2D eigenvalue weighted by molar-refractivity contribution is 7.14. The molecule has 32 heavy (non-hydrogen) atoms. The predicted octanol–water partition coefficient (Wildman–Crippen LogP) is 3.95. The van der Waals surface area contributed by atoms with Crippen LogP contribution >= 0.6 is 11.3 Å². The summed E-state index contributed by atoms with van der Waals surface area (Å²) >= 11 is 1.44. The summed E-state index contributed by atoms with van der Waals surface area (Å²) in [5.41, 5.74) is 9.74. The van der Waals surface area contributed by atoms with Gasteiger partial charge in [0, 0.05) is 60.6 Å². The Hall–Kier alpha value is -3.26. The molecule has 0 bridgehead atoms. The van der Waals surface area contributed by atoms with E-state index in [2.05, 4.69) is 24.1 Å². The zero-order chi connectivity index (χ0) is 22.7. The zero-order valence-electron chi connectivity index (χ0n) is 18.3. The first-order chi connectivity index (χ1) is 15.5. The summed E-state index contributed by atoms with van der Waals surface area (Å²) in [4.78, 5) is 25.2. The largest absolute Gasteiger partial charge is 0.492 e. The number of carbonyl (C=O) groups is 1. The number of hydrogen-bond donors (Lipinski definition) is 2. The molecule has 8 heteroatoms. The van der Waals surface area contributed by atoms with Crippen LogP contribution in [-0.4, -0.2) is 54.0 Å². The summed E-state index contributed by atoms with van der Waals surface area (Å²) in [6, 6.07) is 6.01. The molecule has 0 saturated carbocycles. The number of dihydropyridines is 1. The van der Waals surface area contributed by atoms with Crippen LogP contribution in [0.5, 0.6) is 5.75 Å². The number of nitrogens with two attached hydrogens (primary N) is 1. The van der Waals surface area contributed by atoms with Crippen molar-refractivity contribution in [1.29, 1.82) is 5.41 Å². The standard InChI is InChI=1S/C24H27N5O2S/c1-15-4-3-5-18(27-15)8-10-29(2)24(30)23-28-22-19-7-6-16(17(13-25)14-26)12-20(19)31-11-9-21(22)32-23/h3,5-7,12-15,25H,4,8-11,26H2,1-2H3. The maximum Gasteiger partial charge on any atom is 0.282 e. The predicted molar refractivity (Wildman–Crippen MR) is 130 cm³/mol. The summed E-state index contributed by atoms with van der Waals surface area (Å²) in [5.74, 6) is 0.615. The van der Waals surface area contributed by atoms with E-state index in [0.29, 0.717) is 41.9 Å². The van der Waals surface area contributed by atoms with Crippen molar-refractivity contribution >= 4 is 34.7 Å². The molecular weight excluding hydrogens is 422 g/mol. The van der Waals surface area contributed by atoms with Crippen LogP contribution in [0.4, 0.5) is 0 Å². The third-order valence-corrected chi connectivity index (χ3v) is 6.70. The summed E-state index contributed by atoms with van der Waals surface area (Å²) < 4.78 is 5.94. The highest BCUT2D eigenvalue weighted by Gasteiger charge is 2.25. The molecule has 1 unspecified atom stereocenters. The van der Waals surface area contributed by atoms with Gasteiger partial charge in [-0.25, -0.2) is 4.98 Å². The van der Waals surface area contributed by atoms with Crippen LogP contribution in [0.2, 0.25) is 0 Å². The van der Waals surface area contributed by atoms with Crippen molar-refractivity contribution in [2.24, 2.45) is 10.7 Å². The first-order valence-electron chi connectivity index (χ1n) is 10.7. The molecule has 7 nitrogen and oxygen atoms in total. The second-order valence-electron chi connectivity index (χ2n) is 7.95. The van der Waals surface area contributed by atoms with Gasteiger partial charge in [0.25, 0.3) is 5.91 Å². The first-order valence-corrected chi connectivity index (χ1v) is 11.5. The Balaban J connectivity index is 1.54. The van der Waals surface area contributed by atoms with E-state index < -0.39 is 0 Å². The monoisotopic (exact) mass is 449 g/mol. The third-order valence-electron chi connectivity index (χ3n) is 5.60. The lowest BCUT2D eigenvalue weighted by Crippen LogP contribution is -2.29. The number of amides is 1. The minimum absolute atomic E-state index is 0.0762. The fourth-order valence-electron chi connectivity index (χ4n) is 3.80. The van der Waals surface area contributed by atoms with Gasteiger partial charge in [-0.2, -0.15) is 0 Å². The molecule has 4 rings (SSSR count). The summed E-state index contributed by atoms with van der Waals surface area (Å²) in [7, 11) is 1.81. The lowest BCUT2D eigenvalue weighted by Gasteiger charge is -2.17. The number of nitrogens with zero attached hydrogens (tertiary/aromatic N) is 3. The molecule has 0 fully saturated rings. The average Bonchev–Trinajstić information content (AvgIpc) is 3.14. The maximum absolute atomic E-state index is 13.1. The Morgan fingerprint density at radius 2 is 2.28 bits per heavy atom. The minimum Gasteiger partial charge on any atom is -0.492 e. The number of thiazole rings is 1. The van der Waals surface area contributed by atoms with Gasteiger partial charge in [0.15, 0.2) is 5.01 Å². The van der Waals surface area contributed by atoms with E-state index in [1.807, 2.05) is 25.2 Å². The molecule has 3 heterocycles. The number of nitrogens with one attached hydrogen (secondary N) is 1. The van der Waals surface area contributed by atoms with Gasteiger partial charge < -0.3 is 20.8 Å². The molecule has 0 radical (unpaired) electrons. The molecule has 2 aliphatic heterocycles. The van der Waals surface area contributed by atoms with Gasteiger partial charge in [0.1, 0.15) is 5.75 Å². The van der Waals surface area contributed by atoms with E-state index >= 15 is 0 Å². The van der Waals surface area contributed by atoms with Crippen molar-refractivity contribution in [3.63, 3.8) is 0 Å². The smallest absolute Gasteiger partial charge is 0.282 e. The molecule has 1 aromatic heterocycles. The molecule has 166 valence electrons. The van der Waals surface area contributed by atoms with Gasteiger partial charge in [-0.05, 0) is 37.1 Å². The molecular formula is C24H27N5O2S. The highest BCUT2D eigenvalue weighted by atomic mass is 32.1. The molecule has 1 atom stereocenters. The Morgan fingerprint density at radius 1 is 1.44 bits per heavy atom. The highest BCUT2D eigenvalue weighted by Crippen LogP contribution is 2.39. The van der Waals surface area contributed by atoms with Crippen LogP contribution < -0.4 is 10.5 Å². The Bertz CT molecular complexity index is 1130. The average molecular weight is 450 g/mol. The van der Waals surface area contributed by atoms with Crippen LogP contribution in [-0.2, 0) is 6.42 Å². The van der Waals surface area contributed by atoms with Crippen LogP contribution in [0.15, 0.2) is 41.5 Å². The number of hydrogen-bond acceptors (Lipinski definition) is 7. The lowest BCUT2D eigenvalue weighted by atomic mass is 10.0. The molecule has 0 spiro atoms. The number of fused-ring (bicyclic) bond motifs is 3. The summed E-state index contributed by atoms with van der Waals surface area (Å²) in [6.45, 7) is 3.20.